The summed E-state index contributed by atoms with van der Waals surface area (Å²) in [6.07, 6.45) is 0.672. The molecular formula is C13H16BrNO3. The van der Waals surface area contributed by atoms with E-state index in [4.69, 9.17) is 4.74 Å². The zero-order chi connectivity index (χ0) is 13.4. The van der Waals surface area contributed by atoms with Gasteiger partial charge in [0.25, 0.3) is 0 Å². The summed E-state index contributed by atoms with van der Waals surface area (Å²) in [5.41, 5.74) is 0.920. The van der Waals surface area contributed by atoms with Gasteiger partial charge in [0.15, 0.2) is 0 Å². The first-order valence-corrected chi connectivity index (χ1v) is 6.66. The maximum Gasteiger partial charge on any atom is 0.325 e. The summed E-state index contributed by atoms with van der Waals surface area (Å²) < 4.78 is 5.02. The molecule has 0 radical (unpaired) electrons. The van der Waals surface area contributed by atoms with Gasteiger partial charge in [0, 0.05) is 0 Å². The van der Waals surface area contributed by atoms with Gasteiger partial charge in [-0.3, -0.25) is 9.59 Å². The number of alkyl halides is 1. The highest BCUT2D eigenvalue weighted by atomic mass is 79.9. The monoisotopic (exact) mass is 313 g/mol. The molecule has 0 aliphatic carbocycles. The highest BCUT2D eigenvalue weighted by Gasteiger charge is 2.13. The number of carbonyl (C=O) groups is 2. The third kappa shape index (κ3) is 5.31. The van der Waals surface area contributed by atoms with E-state index in [9.17, 15) is 9.59 Å². The maximum atomic E-state index is 11.4. The lowest BCUT2D eigenvalue weighted by Crippen LogP contribution is -2.35. The molecule has 1 unspecified atom stereocenters. The second kappa shape index (κ2) is 7.87. The minimum Gasteiger partial charge on any atom is -0.460 e. The molecule has 0 spiro atoms. The molecule has 0 aromatic heterocycles. The Bertz CT molecular complexity index is 394. The Morgan fingerprint density at radius 2 is 2.00 bits per heavy atom. The van der Waals surface area contributed by atoms with Gasteiger partial charge in [-0.15, -0.1) is 0 Å². The van der Waals surface area contributed by atoms with Crippen molar-refractivity contribution < 1.29 is 14.3 Å². The smallest absolute Gasteiger partial charge is 0.325 e. The van der Waals surface area contributed by atoms with Crippen molar-refractivity contribution in [1.29, 1.82) is 0 Å². The molecule has 1 amide bonds. The quantitative estimate of drug-likeness (QED) is 0.645. The average Bonchev–Trinajstić information content (AvgIpc) is 2.42. The number of rotatable bonds is 6. The fourth-order valence-corrected chi connectivity index (χ4v) is 1.41. The van der Waals surface area contributed by atoms with E-state index < -0.39 is 5.97 Å². The van der Waals surface area contributed by atoms with Crippen LogP contribution in [0.4, 0.5) is 0 Å². The Balaban J connectivity index is 2.24. The highest BCUT2D eigenvalue weighted by Crippen LogP contribution is 2.03. The minimum atomic E-state index is -0.442. The lowest BCUT2D eigenvalue weighted by atomic mass is 10.2. The van der Waals surface area contributed by atoms with Gasteiger partial charge in [-0.2, -0.15) is 0 Å². The number of esters is 1. The number of halogens is 1. The number of nitrogens with one attached hydrogen (secondary N) is 1. The van der Waals surface area contributed by atoms with Crippen molar-refractivity contribution in [3.63, 3.8) is 0 Å². The molecule has 1 N–H and O–H groups in total. The molecule has 0 fully saturated rings. The zero-order valence-corrected chi connectivity index (χ0v) is 11.8. The van der Waals surface area contributed by atoms with Gasteiger partial charge in [-0.05, 0) is 12.0 Å². The van der Waals surface area contributed by atoms with Crippen molar-refractivity contribution in [2.24, 2.45) is 0 Å². The van der Waals surface area contributed by atoms with Crippen LogP contribution in [0.2, 0.25) is 0 Å². The van der Waals surface area contributed by atoms with Gasteiger partial charge in [0.2, 0.25) is 5.91 Å². The molecule has 0 bridgehead atoms. The van der Waals surface area contributed by atoms with Crippen LogP contribution in [0.1, 0.15) is 18.9 Å². The molecule has 98 valence electrons. The fraction of sp³-hybridized carbons (Fsp3) is 0.385. The van der Waals surface area contributed by atoms with Crippen LogP contribution in [0.5, 0.6) is 0 Å². The Morgan fingerprint density at radius 1 is 1.33 bits per heavy atom. The van der Waals surface area contributed by atoms with E-state index in [-0.39, 0.29) is 23.9 Å². The molecule has 1 atom stereocenters. The van der Waals surface area contributed by atoms with Crippen molar-refractivity contribution in [1.82, 2.24) is 5.32 Å². The summed E-state index contributed by atoms with van der Waals surface area (Å²) >= 11 is 3.20. The molecule has 1 aromatic rings. The molecule has 0 aliphatic rings. The topological polar surface area (TPSA) is 55.4 Å². The predicted molar refractivity (Wildman–Crippen MR) is 72.3 cm³/mol. The van der Waals surface area contributed by atoms with Gasteiger partial charge in [-0.1, -0.05) is 53.2 Å². The molecule has 0 heterocycles. The summed E-state index contributed by atoms with van der Waals surface area (Å²) in [6, 6.07) is 9.39. The number of benzene rings is 1. The predicted octanol–water partition coefficient (Wildman–Crippen LogP) is 2.02. The van der Waals surface area contributed by atoms with E-state index in [1.165, 1.54) is 0 Å². The summed E-state index contributed by atoms with van der Waals surface area (Å²) in [7, 11) is 0. The number of carbonyl (C=O) groups excluding carboxylic acids is 2. The summed E-state index contributed by atoms with van der Waals surface area (Å²) in [4.78, 5) is 22.5. The molecule has 0 saturated heterocycles. The van der Waals surface area contributed by atoms with Crippen LogP contribution in [-0.4, -0.2) is 23.2 Å². The van der Waals surface area contributed by atoms with Gasteiger partial charge in [-0.25, -0.2) is 0 Å². The van der Waals surface area contributed by atoms with Crippen molar-refractivity contribution in [3.8, 4) is 0 Å². The van der Waals surface area contributed by atoms with Crippen molar-refractivity contribution in [3.05, 3.63) is 35.9 Å². The summed E-state index contributed by atoms with van der Waals surface area (Å²) in [6.45, 7) is 2.00. The van der Waals surface area contributed by atoms with Crippen LogP contribution in [-0.2, 0) is 20.9 Å². The summed E-state index contributed by atoms with van der Waals surface area (Å²) in [5, 5.41) is 2.51. The van der Waals surface area contributed by atoms with Gasteiger partial charge < -0.3 is 10.1 Å². The van der Waals surface area contributed by atoms with Crippen molar-refractivity contribution in [2.45, 2.75) is 24.8 Å². The van der Waals surface area contributed by atoms with E-state index in [0.717, 1.165) is 5.56 Å². The molecule has 4 nitrogen and oxygen atoms in total. The average molecular weight is 314 g/mol. The third-order valence-electron chi connectivity index (χ3n) is 2.29. The van der Waals surface area contributed by atoms with Gasteiger partial charge in [0.05, 0.1) is 4.83 Å². The standard InChI is InChI=1S/C13H16BrNO3/c1-2-11(14)13(17)15-8-12(16)18-9-10-6-4-3-5-7-10/h3-7,11H,2,8-9H2,1H3,(H,15,17). The van der Waals surface area contributed by atoms with Crippen LogP contribution < -0.4 is 5.32 Å². The number of amides is 1. The molecule has 0 aliphatic heterocycles. The lowest BCUT2D eigenvalue weighted by molar-refractivity contribution is -0.145. The van der Waals surface area contributed by atoms with Crippen molar-refractivity contribution >= 4 is 27.8 Å². The lowest BCUT2D eigenvalue weighted by Gasteiger charge is -2.08. The van der Waals surface area contributed by atoms with Crippen molar-refractivity contribution in [2.75, 3.05) is 6.54 Å². The second-order valence-electron chi connectivity index (χ2n) is 3.74. The van der Waals surface area contributed by atoms with Gasteiger partial charge >= 0.3 is 5.97 Å². The highest BCUT2D eigenvalue weighted by molar-refractivity contribution is 9.10. The van der Waals surface area contributed by atoms with E-state index in [1.54, 1.807) is 0 Å². The van der Waals surface area contributed by atoms with E-state index in [1.807, 2.05) is 37.3 Å². The van der Waals surface area contributed by atoms with E-state index >= 15 is 0 Å². The molecular weight excluding hydrogens is 298 g/mol. The molecule has 0 saturated carbocycles. The Labute approximate surface area is 115 Å². The fourth-order valence-electron chi connectivity index (χ4n) is 1.24. The van der Waals surface area contributed by atoms with Crippen LogP contribution in [0, 0.1) is 0 Å². The van der Waals surface area contributed by atoms with Crippen LogP contribution in [0.25, 0.3) is 0 Å². The Morgan fingerprint density at radius 3 is 2.61 bits per heavy atom. The third-order valence-corrected chi connectivity index (χ3v) is 3.36. The van der Waals surface area contributed by atoms with Crippen LogP contribution in [0.3, 0.4) is 0 Å². The van der Waals surface area contributed by atoms with Crippen LogP contribution >= 0.6 is 15.9 Å². The summed E-state index contributed by atoms with van der Waals surface area (Å²) in [5.74, 6) is -0.642. The van der Waals surface area contributed by atoms with Gasteiger partial charge in [0.1, 0.15) is 13.2 Å². The second-order valence-corrected chi connectivity index (χ2v) is 4.85. The number of hydrogen-bond donors (Lipinski definition) is 1. The largest absolute Gasteiger partial charge is 0.460 e. The molecule has 1 aromatic carbocycles. The minimum absolute atomic E-state index is 0.103. The Hall–Kier alpha value is -1.36. The van der Waals surface area contributed by atoms with E-state index in [0.29, 0.717) is 6.42 Å². The Kier molecular flexibility index (Phi) is 6.43. The van der Waals surface area contributed by atoms with Crippen LogP contribution in [0.15, 0.2) is 30.3 Å². The number of ether oxygens (including phenoxy) is 1. The molecule has 18 heavy (non-hydrogen) atoms. The maximum absolute atomic E-state index is 11.4. The normalized spacial score (nSPS) is 11.7. The first kappa shape index (κ1) is 14.7. The number of hydrogen-bond acceptors (Lipinski definition) is 3. The molecule has 1 rings (SSSR count). The SMILES string of the molecule is CCC(Br)C(=O)NCC(=O)OCc1ccccc1. The zero-order valence-electron chi connectivity index (χ0n) is 10.2. The first-order valence-electron chi connectivity index (χ1n) is 5.74. The first-order chi connectivity index (χ1) is 8.63. The van der Waals surface area contributed by atoms with E-state index in [2.05, 4.69) is 21.2 Å². The molecule has 5 heteroatoms.